The van der Waals surface area contributed by atoms with Gasteiger partial charge < -0.3 is 14.5 Å². The van der Waals surface area contributed by atoms with Gasteiger partial charge >= 0.3 is 0 Å². The van der Waals surface area contributed by atoms with E-state index in [1.807, 2.05) is 4.90 Å². The van der Waals surface area contributed by atoms with Crippen LogP contribution in [0.3, 0.4) is 0 Å². The van der Waals surface area contributed by atoms with E-state index in [4.69, 9.17) is 4.74 Å². The molecule has 2 saturated heterocycles. The van der Waals surface area contributed by atoms with E-state index in [0.717, 1.165) is 18.4 Å². The SMILES string of the molecule is COC1CCN(C(=O)[C@@H]2CCC(=O)N(Cc3cccc(F)c3)C2)CC1. The normalized spacial score (nSPS) is 22.3. The van der Waals surface area contributed by atoms with Crippen molar-refractivity contribution in [3.05, 3.63) is 35.6 Å². The van der Waals surface area contributed by atoms with Gasteiger partial charge in [-0.05, 0) is 37.0 Å². The Balaban J connectivity index is 1.60. The van der Waals surface area contributed by atoms with E-state index in [1.165, 1.54) is 12.1 Å². The molecule has 0 aromatic heterocycles. The van der Waals surface area contributed by atoms with Crippen LogP contribution in [-0.4, -0.2) is 54.5 Å². The Hall–Kier alpha value is -1.95. The van der Waals surface area contributed by atoms with Crippen molar-refractivity contribution in [2.24, 2.45) is 5.92 Å². The number of likely N-dealkylation sites (tertiary alicyclic amines) is 2. The first kappa shape index (κ1) is 17.9. The summed E-state index contributed by atoms with van der Waals surface area (Å²) in [6, 6.07) is 6.27. The molecule has 2 fully saturated rings. The fraction of sp³-hybridized carbons (Fsp3) is 0.579. The van der Waals surface area contributed by atoms with E-state index in [1.54, 1.807) is 24.1 Å². The summed E-state index contributed by atoms with van der Waals surface area (Å²) in [7, 11) is 1.71. The summed E-state index contributed by atoms with van der Waals surface area (Å²) in [4.78, 5) is 28.6. The van der Waals surface area contributed by atoms with Crippen LogP contribution >= 0.6 is 0 Å². The van der Waals surface area contributed by atoms with Gasteiger partial charge in [-0.15, -0.1) is 0 Å². The fourth-order valence-corrected chi connectivity index (χ4v) is 3.70. The first-order chi connectivity index (χ1) is 12.1. The number of hydrogen-bond acceptors (Lipinski definition) is 3. The van der Waals surface area contributed by atoms with Crippen LogP contribution < -0.4 is 0 Å². The zero-order chi connectivity index (χ0) is 17.8. The minimum atomic E-state index is -0.310. The Bertz CT molecular complexity index is 629. The van der Waals surface area contributed by atoms with Crippen LogP contribution in [0.25, 0.3) is 0 Å². The highest BCUT2D eigenvalue weighted by Gasteiger charge is 2.34. The predicted molar refractivity (Wildman–Crippen MR) is 91.2 cm³/mol. The molecule has 1 aromatic carbocycles. The van der Waals surface area contributed by atoms with Gasteiger partial charge in [-0.1, -0.05) is 12.1 Å². The number of carbonyl (C=O) groups excluding carboxylic acids is 2. The molecular weight excluding hydrogens is 323 g/mol. The largest absolute Gasteiger partial charge is 0.381 e. The Labute approximate surface area is 147 Å². The third kappa shape index (κ3) is 4.37. The fourth-order valence-electron chi connectivity index (χ4n) is 3.70. The molecule has 1 aromatic rings. The highest BCUT2D eigenvalue weighted by Crippen LogP contribution is 2.24. The first-order valence-corrected chi connectivity index (χ1v) is 8.90. The van der Waals surface area contributed by atoms with Crippen LogP contribution in [0, 0.1) is 11.7 Å². The van der Waals surface area contributed by atoms with Crippen molar-refractivity contribution in [3.8, 4) is 0 Å². The second-order valence-electron chi connectivity index (χ2n) is 6.90. The molecule has 2 aliphatic rings. The van der Waals surface area contributed by atoms with Crippen LogP contribution in [0.2, 0.25) is 0 Å². The summed E-state index contributed by atoms with van der Waals surface area (Å²) in [6.45, 7) is 2.20. The van der Waals surface area contributed by atoms with Crippen molar-refractivity contribution >= 4 is 11.8 Å². The van der Waals surface area contributed by atoms with Gasteiger partial charge in [0.15, 0.2) is 0 Å². The number of methoxy groups -OCH3 is 1. The quantitative estimate of drug-likeness (QED) is 0.838. The van der Waals surface area contributed by atoms with Gasteiger partial charge in [0.05, 0.1) is 12.0 Å². The summed E-state index contributed by atoms with van der Waals surface area (Å²) < 4.78 is 18.7. The standard InChI is InChI=1S/C19H25FN2O3/c1-25-17-7-9-21(10-8-17)19(24)15-5-6-18(23)22(13-15)12-14-3-2-4-16(20)11-14/h2-4,11,15,17H,5-10,12-13H2,1H3/t15-/m1/s1. The molecule has 6 heteroatoms. The van der Waals surface area contributed by atoms with Crippen LogP contribution in [0.5, 0.6) is 0 Å². The van der Waals surface area contributed by atoms with Crippen molar-refractivity contribution in [2.45, 2.75) is 38.3 Å². The molecule has 0 spiro atoms. The summed E-state index contributed by atoms with van der Waals surface area (Å²) in [5.74, 6) is -0.307. The van der Waals surface area contributed by atoms with E-state index in [-0.39, 0.29) is 29.7 Å². The zero-order valence-corrected chi connectivity index (χ0v) is 14.6. The second kappa shape index (κ2) is 7.95. The lowest BCUT2D eigenvalue weighted by Crippen LogP contribution is -2.49. The molecule has 2 heterocycles. The summed E-state index contributed by atoms with van der Waals surface area (Å²) in [5.41, 5.74) is 0.752. The summed E-state index contributed by atoms with van der Waals surface area (Å²) in [6.07, 6.45) is 2.94. The zero-order valence-electron chi connectivity index (χ0n) is 14.6. The number of benzene rings is 1. The Morgan fingerprint density at radius 2 is 2.04 bits per heavy atom. The molecule has 2 aliphatic heterocycles. The maximum atomic E-state index is 13.4. The van der Waals surface area contributed by atoms with Crippen LogP contribution in [0.4, 0.5) is 4.39 Å². The second-order valence-corrected chi connectivity index (χ2v) is 6.90. The smallest absolute Gasteiger partial charge is 0.227 e. The molecule has 0 aliphatic carbocycles. The third-order valence-corrected chi connectivity index (χ3v) is 5.20. The predicted octanol–water partition coefficient (Wildman–Crippen LogP) is 2.20. The molecule has 3 rings (SSSR count). The third-order valence-electron chi connectivity index (χ3n) is 5.20. The molecule has 0 N–H and O–H groups in total. The number of piperidine rings is 2. The summed E-state index contributed by atoms with van der Waals surface area (Å²) in [5, 5.41) is 0. The summed E-state index contributed by atoms with van der Waals surface area (Å²) >= 11 is 0. The molecule has 0 saturated carbocycles. The average Bonchev–Trinajstić information content (AvgIpc) is 2.63. The Kier molecular flexibility index (Phi) is 5.68. The minimum absolute atomic E-state index is 0.0337. The lowest BCUT2D eigenvalue weighted by molar-refractivity contribution is -0.145. The van der Waals surface area contributed by atoms with E-state index in [9.17, 15) is 14.0 Å². The Morgan fingerprint density at radius 3 is 2.72 bits per heavy atom. The van der Waals surface area contributed by atoms with Gasteiger partial charge in [-0.2, -0.15) is 0 Å². The number of rotatable bonds is 4. The number of halogens is 1. The lowest BCUT2D eigenvalue weighted by atomic mass is 9.94. The molecule has 5 nitrogen and oxygen atoms in total. The van der Waals surface area contributed by atoms with Crippen LogP contribution in [-0.2, 0) is 20.9 Å². The van der Waals surface area contributed by atoms with E-state index >= 15 is 0 Å². The van der Waals surface area contributed by atoms with Crippen molar-refractivity contribution in [1.29, 1.82) is 0 Å². The first-order valence-electron chi connectivity index (χ1n) is 8.90. The molecule has 1 atom stereocenters. The number of hydrogen-bond donors (Lipinski definition) is 0. The molecule has 136 valence electrons. The molecule has 0 radical (unpaired) electrons. The van der Waals surface area contributed by atoms with Gasteiger partial charge in [0, 0.05) is 39.7 Å². The van der Waals surface area contributed by atoms with Crippen molar-refractivity contribution < 1.29 is 18.7 Å². The number of amides is 2. The van der Waals surface area contributed by atoms with E-state index in [2.05, 4.69) is 0 Å². The van der Waals surface area contributed by atoms with Gasteiger partial charge in [-0.3, -0.25) is 9.59 Å². The Morgan fingerprint density at radius 1 is 1.28 bits per heavy atom. The number of nitrogens with zero attached hydrogens (tertiary/aromatic N) is 2. The van der Waals surface area contributed by atoms with E-state index < -0.39 is 0 Å². The molecule has 0 bridgehead atoms. The van der Waals surface area contributed by atoms with Gasteiger partial charge in [0.25, 0.3) is 0 Å². The molecule has 0 unspecified atom stereocenters. The van der Waals surface area contributed by atoms with Gasteiger partial charge in [0.2, 0.25) is 11.8 Å². The maximum absolute atomic E-state index is 13.4. The van der Waals surface area contributed by atoms with Crippen molar-refractivity contribution in [3.63, 3.8) is 0 Å². The molecule has 25 heavy (non-hydrogen) atoms. The molecular formula is C19H25FN2O3. The maximum Gasteiger partial charge on any atom is 0.227 e. The highest BCUT2D eigenvalue weighted by atomic mass is 19.1. The highest BCUT2D eigenvalue weighted by molar-refractivity contribution is 5.84. The topological polar surface area (TPSA) is 49.9 Å². The lowest BCUT2D eigenvalue weighted by Gasteiger charge is -2.37. The average molecular weight is 348 g/mol. The number of carbonyl (C=O) groups is 2. The van der Waals surface area contributed by atoms with E-state index in [0.29, 0.717) is 39.0 Å². The van der Waals surface area contributed by atoms with Crippen molar-refractivity contribution in [1.82, 2.24) is 9.80 Å². The molecule has 2 amide bonds. The van der Waals surface area contributed by atoms with Gasteiger partial charge in [-0.25, -0.2) is 4.39 Å². The monoisotopic (exact) mass is 348 g/mol. The van der Waals surface area contributed by atoms with Crippen LogP contribution in [0.1, 0.15) is 31.2 Å². The van der Waals surface area contributed by atoms with Gasteiger partial charge in [0.1, 0.15) is 5.82 Å². The number of ether oxygens (including phenoxy) is 1. The minimum Gasteiger partial charge on any atom is -0.381 e. The van der Waals surface area contributed by atoms with Crippen LogP contribution in [0.15, 0.2) is 24.3 Å². The van der Waals surface area contributed by atoms with Crippen molar-refractivity contribution in [2.75, 3.05) is 26.7 Å².